The number of rotatable bonds is 7. The van der Waals surface area contributed by atoms with E-state index in [0.29, 0.717) is 31.5 Å². The van der Waals surface area contributed by atoms with E-state index < -0.39 is 0 Å². The molecule has 0 bridgehead atoms. The van der Waals surface area contributed by atoms with Crippen LogP contribution in [0.1, 0.15) is 13.8 Å². The number of nitrogens with zero attached hydrogens (tertiary/aromatic N) is 1. The summed E-state index contributed by atoms with van der Waals surface area (Å²) in [6, 6.07) is 5.54. The third-order valence-corrected chi connectivity index (χ3v) is 2.22. The highest BCUT2D eigenvalue weighted by molar-refractivity contribution is 5.94. The van der Waals surface area contributed by atoms with Crippen molar-refractivity contribution in [3.63, 3.8) is 0 Å². The Bertz CT molecular complexity index is 444. The van der Waals surface area contributed by atoms with Crippen LogP contribution in [0.25, 0.3) is 0 Å². The molecule has 0 radical (unpaired) electrons. The number of nitrogens with two attached hydrogens (primary N) is 1. The molecule has 0 saturated heterocycles. The maximum Gasteiger partial charge on any atom is 0.193 e. The van der Waals surface area contributed by atoms with Crippen LogP contribution >= 0.6 is 0 Å². The zero-order valence-corrected chi connectivity index (χ0v) is 11.5. The van der Waals surface area contributed by atoms with Crippen molar-refractivity contribution in [3.05, 3.63) is 30.9 Å². The lowest BCUT2D eigenvalue weighted by atomic mass is 10.2. The van der Waals surface area contributed by atoms with Crippen LogP contribution in [0.3, 0.4) is 0 Å². The summed E-state index contributed by atoms with van der Waals surface area (Å²) in [5, 5.41) is 3.00. The van der Waals surface area contributed by atoms with E-state index in [4.69, 9.17) is 15.2 Å². The molecule has 0 atom stereocenters. The van der Waals surface area contributed by atoms with Gasteiger partial charge in [-0.05, 0) is 26.0 Å². The molecule has 1 aromatic carbocycles. The number of anilines is 1. The van der Waals surface area contributed by atoms with Crippen LogP contribution in [-0.2, 0) is 0 Å². The van der Waals surface area contributed by atoms with Crippen molar-refractivity contribution >= 4 is 11.6 Å². The van der Waals surface area contributed by atoms with E-state index in [-0.39, 0.29) is 0 Å². The van der Waals surface area contributed by atoms with E-state index in [1.807, 2.05) is 32.0 Å². The minimum atomic E-state index is 0.314. The van der Waals surface area contributed by atoms with E-state index in [1.165, 1.54) is 0 Å². The van der Waals surface area contributed by atoms with Gasteiger partial charge in [-0.15, -0.1) is 6.58 Å². The predicted molar refractivity (Wildman–Crippen MR) is 79.1 cm³/mol. The van der Waals surface area contributed by atoms with E-state index in [9.17, 15) is 0 Å². The molecular weight excluding hydrogens is 242 g/mol. The van der Waals surface area contributed by atoms with Gasteiger partial charge in [-0.2, -0.15) is 0 Å². The molecule has 0 fully saturated rings. The zero-order chi connectivity index (χ0) is 14.1. The van der Waals surface area contributed by atoms with Gasteiger partial charge in [0.1, 0.15) is 11.5 Å². The summed E-state index contributed by atoms with van der Waals surface area (Å²) in [6.45, 7) is 9.10. The molecule has 104 valence electrons. The van der Waals surface area contributed by atoms with E-state index >= 15 is 0 Å². The molecule has 0 aliphatic heterocycles. The molecule has 0 spiro atoms. The van der Waals surface area contributed by atoms with Crippen LogP contribution in [0.15, 0.2) is 35.8 Å². The van der Waals surface area contributed by atoms with Gasteiger partial charge in [-0.3, -0.25) is 0 Å². The van der Waals surface area contributed by atoms with Crippen LogP contribution in [0.5, 0.6) is 11.5 Å². The second-order valence-electron chi connectivity index (χ2n) is 3.66. The van der Waals surface area contributed by atoms with Crippen LogP contribution in [0.2, 0.25) is 0 Å². The molecule has 0 aliphatic carbocycles. The minimum absolute atomic E-state index is 0.314. The van der Waals surface area contributed by atoms with Gasteiger partial charge in [0, 0.05) is 6.07 Å². The van der Waals surface area contributed by atoms with Crippen molar-refractivity contribution in [2.45, 2.75) is 13.8 Å². The molecule has 19 heavy (non-hydrogen) atoms. The number of hydrogen-bond acceptors (Lipinski definition) is 3. The number of ether oxygens (including phenoxy) is 2. The van der Waals surface area contributed by atoms with Crippen molar-refractivity contribution in [1.29, 1.82) is 0 Å². The largest absolute Gasteiger partial charge is 0.494 e. The molecule has 0 aromatic heterocycles. The summed E-state index contributed by atoms with van der Waals surface area (Å²) in [7, 11) is 0. The number of benzene rings is 1. The van der Waals surface area contributed by atoms with Gasteiger partial charge in [0.2, 0.25) is 0 Å². The Balaban J connectivity index is 2.92. The summed E-state index contributed by atoms with van der Waals surface area (Å²) in [5.74, 6) is 1.78. The van der Waals surface area contributed by atoms with E-state index in [0.717, 1.165) is 11.4 Å². The van der Waals surface area contributed by atoms with E-state index in [2.05, 4.69) is 16.9 Å². The molecule has 5 nitrogen and oxygen atoms in total. The molecule has 1 rings (SSSR count). The summed E-state index contributed by atoms with van der Waals surface area (Å²) in [4.78, 5) is 4.08. The first-order valence-corrected chi connectivity index (χ1v) is 6.28. The third-order valence-electron chi connectivity index (χ3n) is 2.22. The Labute approximate surface area is 114 Å². The molecule has 0 heterocycles. The highest BCUT2D eigenvalue weighted by atomic mass is 16.5. The molecule has 0 amide bonds. The maximum atomic E-state index is 5.78. The van der Waals surface area contributed by atoms with Crippen molar-refractivity contribution in [2.75, 3.05) is 25.1 Å². The molecule has 3 N–H and O–H groups in total. The standard InChI is InChI=1S/C14H21N3O2/c1-4-9-16-14(15)17-12-10-11(18-5-2)7-8-13(12)19-6-3/h4,7-8,10H,1,5-6,9H2,2-3H3,(H3,15,16,17). The van der Waals surface area contributed by atoms with Gasteiger partial charge in [-0.1, -0.05) is 6.08 Å². The van der Waals surface area contributed by atoms with Gasteiger partial charge < -0.3 is 20.5 Å². The summed E-state index contributed by atoms with van der Waals surface area (Å²) in [6.07, 6.45) is 1.68. The SMILES string of the molecule is C=CCN=C(N)Nc1cc(OCC)ccc1OCC. The van der Waals surface area contributed by atoms with Crippen molar-refractivity contribution < 1.29 is 9.47 Å². The predicted octanol–water partition coefficient (Wildman–Crippen LogP) is 2.40. The summed E-state index contributed by atoms with van der Waals surface area (Å²) >= 11 is 0. The number of guanidine groups is 1. The third kappa shape index (κ3) is 4.91. The molecule has 0 aliphatic rings. The maximum absolute atomic E-state index is 5.78. The smallest absolute Gasteiger partial charge is 0.193 e. The topological polar surface area (TPSA) is 68.9 Å². The first kappa shape index (κ1) is 14.9. The first-order chi connectivity index (χ1) is 9.21. The van der Waals surface area contributed by atoms with Crippen molar-refractivity contribution in [2.24, 2.45) is 10.7 Å². The summed E-state index contributed by atoms with van der Waals surface area (Å²) in [5.41, 5.74) is 6.51. The lowest BCUT2D eigenvalue weighted by Crippen LogP contribution is -2.23. The molecule has 5 heteroatoms. The summed E-state index contributed by atoms with van der Waals surface area (Å²) < 4.78 is 11.0. The Hall–Kier alpha value is -2.17. The lowest BCUT2D eigenvalue weighted by molar-refractivity contribution is 0.332. The van der Waals surface area contributed by atoms with Crippen molar-refractivity contribution in [1.82, 2.24) is 0 Å². The fraction of sp³-hybridized carbons (Fsp3) is 0.357. The average Bonchev–Trinajstić information content (AvgIpc) is 2.40. The second-order valence-corrected chi connectivity index (χ2v) is 3.66. The molecular formula is C14H21N3O2. The molecule has 0 saturated carbocycles. The lowest BCUT2D eigenvalue weighted by Gasteiger charge is -2.13. The van der Waals surface area contributed by atoms with Gasteiger partial charge in [-0.25, -0.2) is 4.99 Å². The highest BCUT2D eigenvalue weighted by Crippen LogP contribution is 2.29. The van der Waals surface area contributed by atoms with Crippen LogP contribution in [0, 0.1) is 0 Å². The van der Waals surface area contributed by atoms with Crippen molar-refractivity contribution in [3.8, 4) is 11.5 Å². The van der Waals surface area contributed by atoms with Gasteiger partial charge in [0.05, 0.1) is 25.4 Å². The monoisotopic (exact) mass is 263 g/mol. The van der Waals surface area contributed by atoms with Crippen LogP contribution in [0.4, 0.5) is 5.69 Å². The highest BCUT2D eigenvalue weighted by Gasteiger charge is 2.06. The quantitative estimate of drug-likeness (QED) is 0.450. The minimum Gasteiger partial charge on any atom is -0.494 e. The second kappa shape index (κ2) is 8.02. The average molecular weight is 263 g/mol. The molecule has 1 aromatic rings. The Morgan fingerprint density at radius 1 is 1.37 bits per heavy atom. The fourth-order valence-corrected chi connectivity index (χ4v) is 1.48. The first-order valence-electron chi connectivity index (χ1n) is 6.28. The Morgan fingerprint density at radius 3 is 2.74 bits per heavy atom. The van der Waals surface area contributed by atoms with Crippen LogP contribution < -0.4 is 20.5 Å². The Kier molecular flexibility index (Phi) is 6.29. The number of hydrogen-bond donors (Lipinski definition) is 2. The van der Waals surface area contributed by atoms with Crippen LogP contribution in [-0.4, -0.2) is 25.7 Å². The van der Waals surface area contributed by atoms with Gasteiger partial charge >= 0.3 is 0 Å². The normalized spacial score (nSPS) is 10.9. The number of nitrogens with one attached hydrogen (secondary N) is 1. The molecule has 0 unspecified atom stereocenters. The van der Waals surface area contributed by atoms with Gasteiger partial charge in [0.15, 0.2) is 5.96 Å². The van der Waals surface area contributed by atoms with Gasteiger partial charge in [0.25, 0.3) is 0 Å². The fourth-order valence-electron chi connectivity index (χ4n) is 1.48. The number of aliphatic imine (C=N–C) groups is 1. The van der Waals surface area contributed by atoms with E-state index in [1.54, 1.807) is 6.08 Å². The Morgan fingerprint density at radius 2 is 2.11 bits per heavy atom. The zero-order valence-electron chi connectivity index (χ0n) is 11.5.